The van der Waals surface area contributed by atoms with E-state index in [1.54, 1.807) is 0 Å². The summed E-state index contributed by atoms with van der Waals surface area (Å²) >= 11 is 4.17. The zero-order valence-corrected chi connectivity index (χ0v) is 11.6. The van der Waals surface area contributed by atoms with Crippen LogP contribution in [0, 0.1) is 0 Å². The van der Waals surface area contributed by atoms with E-state index < -0.39 is 11.7 Å². The number of nitrogens with zero attached hydrogens (tertiary/aromatic N) is 3. The molecule has 0 radical (unpaired) electrons. The molecule has 2 aromatic heterocycles. The summed E-state index contributed by atoms with van der Waals surface area (Å²) in [5.41, 5.74) is 4.73. The van der Waals surface area contributed by atoms with Crippen molar-refractivity contribution < 1.29 is 13.2 Å². The Bertz CT molecular complexity index is 568. The first-order chi connectivity index (χ1) is 8.84. The Morgan fingerprint density at radius 2 is 1.95 bits per heavy atom. The Balaban J connectivity index is 2.20. The molecular weight excluding hydrogens is 345 g/mol. The van der Waals surface area contributed by atoms with E-state index in [0.717, 1.165) is 24.0 Å². The molecule has 0 saturated heterocycles. The summed E-state index contributed by atoms with van der Waals surface area (Å²) in [6, 6.07) is 3.73. The number of pyridine rings is 1. The molecule has 0 saturated carbocycles. The van der Waals surface area contributed by atoms with Crippen LogP contribution < -0.4 is 5.73 Å². The quantitative estimate of drug-likeness (QED) is 0.664. The van der Waals surface area contributed by atoms with E-state index in [9.17, 15) is 13.2 Å². The number of hydrogen-bond donors (Lipinski definition) is 1. The van der Waals surface area contributed by atoms with Crippen molar-refractivity contribution in [3.8, 4) is 0 Å². The van der Waals surface area contributed by atoms with Crippen LogP contribution in [0.3, 0.4) is 0 Å². The minimum absolute atomic E-state index is 0.260. The molecule has 0 amide bonds. The van der Waals surface area contributed by atoms with Crippen LogP contribution >= 0.6 is 27.7 Å². The van der Waals surface area contributed by atoms with Crippen molar-refractivity contribution in [2.24, 2.45) is 0 Å². The van der Waals surface area contributed by atoms with Gasteiger partial charge in [-0.1, -0.05) is 0 Å². The van der Waals surface area contributed by atoms with E-state index in [0.29, 0.717) is 14.8 Å². The molecule has 0 aliphatic rings. The van der Waals surface area contributed by atoms with Crippen LogP contribution in [0.15, 0.2) is 39.2 Å². The fraction of sp³-hybridized carbons (Fsp3) is 0.100. The van der Waals surface area contributed by atoms with Crippen LogP contribution in [0.5, 0.6) is 0 Å². The lowest BCUT2D eigenvalue weighted by Gasteiger charge is -2.06. The third kappa shape index (κ3) is 3.80. The van der Waals surface area contributed by atoms with Crippen LogP contribution in [-0.4, -0.2) is 15.0 Å². The molecule has 0 atom stereocenters. The van der Waals surface area contributed by atoms with Crippen LogP contribution in [0.1, 0.15) is 5.56 Å². The zero-order chi connectivity index (χ0) is 14.0. The van der Waals surface area contributed by atoms with Crippen molar-refractivity contribution >= 4 is 33.5 Å². The Labute approximate surface area is 118 Å². The minimum atomic E-state index is -4.40. The Morgan fingerprint density at radius 3 is 2.47 bits per heavy atom. The maximum Gasteiger partial charge on any atom is 0.417 e. The molecule has 0 aromatic carbocycles. The molecule has 4 nitrogen and oxygen atoms in total. The van der Waals surface area contributed by atoms with E-state index in [1.165, 1.54) is 12.1 Å². The number of anilines is 1. The van der Waals surface area contributed by atoms with Gasteiger partial charge in [-0.15, -0.1) is 0 Å². The van der Waals surface area contributed by atoms with Gasteiger partial charge in [-0.05, 0) is 39.8 Å². The molecule has 0 aliphatic carbocycles. The summed E-state index contributed by atoms with van der Waals surface area (Å²) in [6.45, 7) is 0. The molecule has 0 unspecified atom stereocenters. The average molecular weight is 351 g/mol. The highest BCUT2D eigenvalue weighted by Gasteiger charge is 2.30. The van der Waals surface area contributed by atoms with E-state index in [4.69, 9.17) is 5.73 Å². The van der Waals surface area contributed by atoms with Gasteiger partial charge >= 0.3 is 6.18 Å². The first-order valence-electron chi connectivity index (χ1n) is 4.86. The van der Waals surface area contributed by atoms with Gasteiger partial charge in [0.25, 0.3) is 0 Å². The molecule has 100 valence electrons. The number of hydrogen-bond acceptors (Lipinski definition) is 5. The largest absolute Gasteiger partial charge is 0.417 e. The molecule has 0 aliphatic heterocycles. The average Bonchev–Trinajstić information content (AvgIpc) is 2.26. The van der Waals surface area contributed by atoms with Crippen LogP contribution in [0.4, 0.5) is 19.0 Å². The number of nitrogen functional groups attached to an aromatic ring is 1. The molecule has 2 heterocycles. The number of aromatic nitrogens is 3. The monoisotopic (exact) mass is 350 g/mol. The van der Waals surface area contributed by atoms with Gasteiger partial charge in [-0.2, -0.15) is 13.2 Å². The first kappa shape index (κ1) is 14.1. The Morgan fingerprint density at radius 1 is 1.21 bits per heavy atom. The molecule has 0 spiro atoms. The summed E-state index contributed by atoms with van der Waals surface area (Å²) in [5.74, 6) is 0.260. The van der Waals surface area contributed by atoms with Crippen molar-refractivity contribution in [3.63, 3.8) is 0 Å². The van der Waals surface area contributed by atoms with Crippen molar-refractivity contribution in [3.05, 3.63) is 34.6 Å². The van der Waals surface area contributed by atoms with Gasteiger partial charge in [0.15, 0.2) is 5.16 Å². The molecule has 9 heteroatoms. The van der Waals surface area contributed by atoms with E-state index in [2.05, 4.69) is 30.9 Å². The Hall–Kier alpha value is -1.35. The van der Waals surface area contributed by atoms with E-state index >= 15 is 0 Å². The van der Waals surface area contributed by atoms with Gasteiger partial charge in [0.1, 0.15) is 15.4 Å². The van der Waals surface area contributed by atoms with Crippen molar-refractivity contribution in [2.75, 3.05) is 5.73 Å². The summed E-state index contributed by atoms with van der Waals surface area (Å²) in [5, 5.41) is 0.657. The van der Waals surface area contributed by atoms with Crippen molar-refractivity contribution in [2.45, 2.75) is 16.4 Å². The molecular formula is C10H6BrF3N4S. The third-order valence-corrected chi connectivity index (χ3v) is 3.18. The summed E-state index contributed by atoms with van der Waals surface area (Å²) in [7, 11) is 0. The van der Waals surface area contributed by atoms with Crippen molar-refractivity contribution in [1.82, 2.24) is 15.0 Å². The molecule has 2 rings (SSSR count). The summed E-state index contributed by atoms with van der Waals surface area (Å²) in [4.78, 5) is 11.7. The van der Waals surface area contributed by atoms with Crippen LogP contribution in [0.2, 0.25) is 0 Å². The highest BCUT2D eigenvalue weighted by atomic mass is 79.9. The van der Waals surface area contributed by atoms with E-state index in [1.807, 2.05) is 0 Å². The second-order valence-electron chi connectivity index (χ2n) is 3.38. The fourth-order valence-corrected chi connectivity index (χ4v) is 2.40. The zero-order valence-electron chi connectivity index (χ0n) is 9.15. The van der Waals surface area contributed by atoms with Gasteiger partial charge in [0.2, 0.25) is 0 Å². The van der Waals surface area contributed by atoms with Gasteiger partial charge in [-0.3, -0.25) is 0 Å². The van der Waals surface area contributed by atoms with Crippen LogP contribution in [0.25, 0.3) is 0 Å². The van der Waals surface area contributed by atoms with Gasteiger partial charge in [0, 0.05) is 12.3 Å². The third-order valence-electron chi connectivity index (χ3n) is 1.95. The maximum atomic E-state index is 12.4. The summed E-state index contributed by atoms with van der Waals surface area (Å²) in [6.07, 6.45) is -3.63. The minimum Gasteiger partial charge on any atom is -0.384 e. The highest BCUT2D eigenvalue weighted by molar-refractivity contribution is 9.10. The lowest BCUT2D eigenvalue weighted by molar-refractivity contribution is -0.137. The Kier molecular flexibility index (Phi) is 3.95. The SMILES string of the molecule is Nc1cc(Br)nc(Sc2ccc(C(F)(F)F)cn2)n1. The maximum absolute atomic E-state index is 12.4. The smallest absolute Gasteiger partial charge is 0.384 e. The highest BCUT2D eigenvalue weighted by Crippen LogP contribution is 2.31. The lowest BCUT2D eigenvalue weighted by atomic mass is 10.3. The standard InChI is InChI=1S/C10H6BrF3N4S/c11-6-3-7(15)18-9(17-6)19-8-2-1-5(4-16-8)10(12,13)14/h1-4H,(H2,15,17,18). The predicted molar refractivity (Wildman–Crippen MR) is 67.5 cm³/mol. The summed E-state index contributed by atoms with van der Waals surface area (Å²) < 4.78 is 37.6. The second kappa shape index (κ2) is 5.33. The molecule has 0 bridgehead atoms. The normalized spacial score (nSPS) is 11.6. The molecule has 2 aromatic rings. The van der Waals surface area contributed by atoms with E-state index in [-0.39, 0.29) is 5.82 Å². The molecule has 2 N–H and O–H groups in total. The van der Waals surface area contributed by atoms with Gasteiger partial charge in [-0.25, -0.2) is 15.0 Å². The topological polar surface area (TPSA) is 64.7 Å². The molecule has 0 fully saturated rings. The van der Waals surface area contributed by atoms with Gasteiger partial charge in [0.05, 0.1) is 5.56 Å². The second-order valence-corrected chi connectivity index (χ2v) is 5.18. The number of halogens is 4. The molecule has 19 heavy (non-hydrogen) atoms. The number of rotatable bonds is 2. The predicted octanol–water partition coefficient (Wildman–Crippen LogP) is 3.39. The van der Waals surface area contributed by atoms with Crippen molar-refractivity contribution in [1.29, 1.82) is 0 Å². The number of alkyl halides is 3. The number of nitrogens with two attached hydrogens (primary N) is 1. The van der Waals surface area contributed by atoms with Gasteiger partial charge < -0.3 is 5.73 Å². The van der Waals surface area contributed by atoms with Crippen LogP contribution in [-0.2, 0) is 6.18 Å². The lowest BCUT2D eigenvalue weighted by Crippen LogP contribution is -2.05. The fourth-order valence-electron chi connectivity index (χ4n) is 1.16. The first-order valence-corrected chi connectivity index (χ1v) is 6.47.